The molecule has 0 bridgehead atoms. The highest BCUT2D eigenvalue weighted by Gasteiger charge is 2.35. The van der Waals surface area contributed by atoms with Gasteiger partial charge in [0.2, 0.25) is 11.8 Å². The lowest BCUT2D eigenvalue weighted by molar-refractivity contribution is -0.126. The van der Waals surface area contributed by atoms with Gasteiger partial charge in [-0.2, -0.15) is 5.10 Å². The molecule has 1 atom stereocenters. The maximum Gasteiger partial charge on any atom is 0.227 e. The fraction of sp³-hybridized carbons (Fsp3) is 0.389. The van der Waals surface area contributed by atoms with E-state index in [1.54, 1.807) is 18.2 Å². The van der Waals surface area contributed by atoms with Crippen LogP contribution in [0.2, 0.25) is 0 Å². The molecule has 132 valence electrons. The van der Waals surface area contributed by atoms with Crippen molar-refractivity contribution in [2.75, 3.05) is 25.1 Å². The Morgan fingerprint density at radius 3 is 3.04 bits per heavy atom. The second kappa shape index (κ2) is 7.83. The third kappa shape index (κ3) is 4.17. The molecule has 3 rings (SSSR count). The van der Waals surface area contributed by atoms with Crippen LogP contribution in [0.4, 0.5) is 5.69 Å². The summed E-state index contributed by atoms with van der Waals surface area (Å²) in [5.41, 5.74) is 0.762. The Labute approximate surface area is 146 Å². The first-order valence-electron chi connectivity index (χ1n) is 8.37. The third-order valence-electron chi connectivity index (χ3n) is 4.28. The second-order valence-electron chi connectivity index (χ2n) is 6.02. The minimum Gasteiger partial charge on any atom is -0.497 e. The zero-order chi connectivity index (χ0) is 17.6. The fourth-order valence-electron chi connectivity index (χ4n) is 2.94. The molecule has 2 heterocycles. The van der Waals surface area contributed by atoms with E-state index in [0.717, 1.165) is 18.7 Å². The van der Waals surface area contributed by atoms with E-state index < -0.39 is 0 Å². The summed E-state index contributed by atoms with van der Waals surface area (Å²) in [6, 6.07) is 9.20. The first-order chi connectivity index (χ1) is 12.2. The number of benzene rings is 1. The third-order valence-corrected chi connectivity index (χ3v) is 4.28. The van der Waals surface area contributed by atoms with Crippen LogP contribution >= 0.6 is 0 Å². The molecule has 1 N–H and O–H groups in total. The first kappa shape index (κ1) is 17.0. The van der Waals surface area contributed by atoms with Gasteiger partial charge < -0.3 is 15.0 Å². The summed E-state index contributed by atoms with van der Waals surface area (Å²) in [4.78, 5) is 26.2. The Kier molecular flexibility index (Phi) is 5.33. The van der Waals surface area contributed by atoms with E-state index in [1.165, 1.54) is 0 Å². The molecular formula is C18H22N4O3. The van der Waals surface area contributed by atoms with E-state index in [4.69, 9.17) is 4.74 Å². The van der Waals surface area contributed by atoms with Crippen molar-refractivity contribution in [2.45, 2.75) is 19.4 Å². The minimum atomic E-state index is -0.316. The maximum atomic E-state index is 12.3. The van der Waals surface area contributed by atoms with Gasteiger partial charge >= 0.3 is 0 Å². The molecule has 2 aromatic rings. The second-order valence-corrected chi connectivity index (χ2v) is 6.02. The number of amides is 2. The molecule has 7 nitrogen and oxygen atoms in total. The van der Waals surface area contributed by atoms with Crippen LogP contribution in [0.15, 0.2) is 42.7 Å². The smallest absolute Gasteiger partial charge is 0.227 e. The molecule has 2 amide bonds. The van der Waals surface area contributed by atoms with E-state index in [0.29, 0.717) is 18.8 Å². The summed E-state index contributed by atoms with van der Waals surface area (Å²) < 4.78 is 7.02. The standard InChI is InChI=1S/C18H22N4O3/c1-25-16-6-2-5-15(12-16)22-13-14(11-17(22)23)18(24)19-7-3-9-21-10-4-8-20-21/h2,4-6,8,10,12,14H,3,7,9,11,13H2,1H3,(H,19,24). The first-order valence-corrected chi connectivity index (χ1v) is 8.37. The number of aryl methyl sites for hydroxylation is 1. The molecule has 1 saturated heterocycles. The largest absolute Gasteiger partial charge is 0.497 e. The summed E-state index contributed by atoms with van der Waals surface area (Å²) >= 11 is 0. The van der Waals surface area contributed by atoms with Gasteiger partial charge in [0, 0.05) is 50.2 Å². The molecule has 0 aliphatic carbocycles. The van der Waals surface area contributed by atoms with Crippen LogP contribution in [0.1, 0.15) is 12.8 Å². The Balaban J connectivity index is 1.50. The van der Waals surface area contributed by atoms with Crippen LogP contribution < -0.4 is 15.0 Å². The lowest BCUT2D eigenvalue weighted by Gasteiger charge is -2.17. The lowest BCUT2D eigenvalue weighted by Crippen LogP contribution is -2.33. The average molecular weight is 342 g/mol. The van der Waals surface area contributed by atoms with Gasteiger partial charge in [0.05, 0.1) is 13.0 Å². The number of carbonyl (C=O) groups excluding carboxylic acids is 2. The average Bonchev–Trinajstić information content (AvgIpc) is 3.28. The monoisotopic (exact) mass is 342 g/mol. The Morgan fingerprint density at radius 2 is 2.28 bits per heavy atom. The van der Waals surface area contributed by atoms with Crippen LogP contribution in [-0.4, -0.2) is 41.8 Å². The Bertz CT molecular complexity index is 730. The summed E-state index contributed by atoms with van der Waals surface area (Å²) in [5, 5.41) is 7.04. The summed E-state index contributed by atoms with van der Waals surface area (Å²) in [7, 11) is 1.59. The predicted octanol–water partition coefficient (Wildman–Crippen LogP) is 1.45. The zero-order valence-electron chi connectivity index (χ0n) is 14.2. The van der Waals surface area contributed by atoms with Crippen LogP contribution in [0, 0.1) is 5.92 Å². The molecule has 1 unspecified atom stereocenters. The van der Waals surface area contributed by atoms with E-state index >= 15 is 0 Å². The molecule has 0 spiro atoms. The minimum absolute atomic E-state index is 0.0371. The summed E-state index contributed by atoms with van der Waals surface area (Å²) in [5.74, 6) is 0.268. The number of carbonyl (C=O) groups is 2. The molecule has 25 heavy (non-hydrogen) atoms. The van der Waals surface area contributed by atoms with Crippen molar-refractivity contribution < 1.29 is 14.3 Å². The number of nitrogens with one attached hydrogen (secondary N) is 1. The lowest BCUT2D eigenvalue weighted by atomic mass is 10.1. The number of hydrogen-bond acceptors (Lipinski definition) is 4. The number of nitrogens with zero attached hydrogens (tertiary/aromatic N) is 3. The van der Waals surface area contributed by atoms with Crippen molar-refractivity contribution in [2.24, 2.45) is 5.92 Å². The van der Waals surface area contributed by atoms with Crippen molar-refractivity contribution >= 4 is 17.5 Å². The van der Waals surface area contributed by atoms with Crippen molar-refractivity contribution in [3.63, 3.8) is 0 Å². The number of rotatable bonds is 7. The number of methoxy groups -OCH3 is 1. The zero-order valence-corrected chi connectivity index (χ0v) is 14.2. The van der Waals surface area contributed by atoms with Gasteiger partial charge in [0.25, 0.3) is 0 Å². The van der Waals surface area contributed by atoms with Gasteiger partial charge in [-0.3, -0.25) is 14.3 Å². The Morgan fingerprint density at radius 1 is 1.40 bits per heavy atom. The molecule has 0 saturated carbocycles. The van der Waals surface area contributed by atoms with Gasteiger partial charge in [-0.05, 0) is 24.6 Å². The highest BCUT2D eigenvalue weighted by Crippen LogP contribution is 2.27. The van der Waals surface area contributed by atoms with Crippen LogP contribution in [0.5, 0.6) is 5.75 Å². The highest BCUT2D eigenvalue weighted by atomic mass is 16.5. The van der Waals surface area contributed by atoms with Crippen LogP contribution in [-0.2, 0) is 16.1 Å². The van der Waals surface area contributed by atoms with Crippen LogP contribution in [0.25, 0.3) is 0 Å². The van der Waals surface area contributed by atoms with Crippen molar-refractivity contribution in [3.8, 4) is 5.75 Å². The van der Waals surface area contributed by atoms with E-state index in [-0.39, 0.29) is 24.2 Å². The molecule has 7 heteroatoms. The Hall–Kier alpha value is -2.83. The normalized spacial score (nSPS) is 16.9. The van der Waals surface area contributed by atoms with Gasteiger partial charge in [0.15, 0.2) is 0 Å². The topological polar surface area (TPSA) is 76.5 Å². The van der Waals surface area contributed by atoms with Gasteiger partial charge in [-0.15, -0.1) is 0 Å². The quantitative estimate of drug-likeness (QED) is 0.773. The molecule has 1 aliphatic heterocycles. The number of hydrogen-bond donors (Lipinski definition) is 1. The van der Waals surface area contributed by atoms with Crippen molar-refractivity contribution in [3.05, 3.63) is 42.7 Å². The molecule has 1 aliphatic rings. The maximum absolute atomic E-state index is 12.3. The molecule has 1 aromatic heterocycles. The van der Waals surface area contributed by atoms with Gasteiger partial charge in [0.1, 0.15) is 5.75 Å². The summed E-state index contributed by atoms with van der Waals surface area (Å²) in [6.07, 6.45) is 4.66. The fourth-order valence-corrected chi connectivity index (χ4v) is 2.94. The number of anilines is 1. The molecule has 1 aromatic carbocycles. The molecular weight excluding hydrogens is 320 g/mol. The SMILES string of the molecule is COc1cccc(N2CC(C(=O)NCCCn3cccn3)CC2=O)c1. The number of aromatic nitrogens is 2. The summed E-state index contributed by atoms with van der Waals surface area (Å²) in [6.45, 7) is 1.73. The van der Waals surface area contributed by atoms with E-state index in [2.05, 4.69) is 10.4 Å². The van der Waals surface area contributed by atoms with Gasteiger partial charge in [-0.1, -0.05) is 6.07 Å². The van der Waals surface area contributed by atoms with Crippen molar-refractivity contribution in [1.29, 1.82) is 0 Å². The van der Waals surface area contributed by atoms with E-state index in [1.807, 2.05) is 41.2 Å². The predicted molar refractivity (Wildman–Crippen MR) is 93.3 cm³/mol. The van der Waals surface area contributed by atoms with Crippen molar-refractivity contribution in [1.82, 2.24) is 15.1 Å². The van der Waals surface area contributed by atoms with E-state index in [9.17, 15) is 9.59 Å². The number of ether oxygens (including phenoxy) is 1. The molecule has 1 fully saturated rings. The van der Waals surface area contributed by atoms with Gasteiger partial charge in [-0.25, -0.2) is 0 Å². The van der Waals surface area contributed by atoms with Crippen LogP contribution in [0.3, 0.4) is 0 Å². The molecule has 0 radical (unpaired) electrons. The highest BCUT2D eigenvalue weighted by molar-refractivity contribution is 6.00.